The Kier molecular flexibility index (Phi) is 4.48. The minimum absolute atomic E-state index is 0.107. The van der Waals surface area contributed by atoms with E-state index in [0.717, 1.165) is 12.1 Å². The number of aryl methyl sites for hydroxylation is 1. The number of halogens is 4. The normalized spacial score (nSPS) is 12.2. The van der Waals surface area contributed by atoms with Crippen molar-refractivity contribution < 1.29 is 26.3 Å². The minimum Gasteiger partial charge on any atom is -0.453 e. The van der Waals surface area contributed by atoms with Crippen LogP contribution in [-0.2, 0) is 9.84 Å². The van der Waals surface area contributed by atoms with E-state index in [4.69, 9.17) is 4.74 Å². The van der Waals surface area contributed by atoms with E-state index >= 15 is 0 Å². The quantitative estimate of drug-likeness (QED) is 0.729. The maximum absolute atomic E-state index is 12.7. The molecule has 1 aromatic carbocycles. The molecule has 0 aliphatic rings. The van der Waals surface area contributed by atoms with Crippen molar-refractivity contribution in [1.29, 1.82) is 0 Å². The fourth-order valence-electron chi connectivity index (χ4n) is 1.59. The highest BCUT2D eigenvalue weighted by molar-refractivity contribution is 9.10. The third-order valence-corrected chi connectivity index (χ3v) is 4.71. The van der Waals surface area contributed by atoms with Gasteiger partial charge in [0.15, 0.2) is 5.75 Å². The zero-order chi connectivity index (χ0) is 16.5. The monoisotopic (exact) mass is 395 g/mol. The molecule has 0 saturated heterocycles. The number of hydrogen-bond acceptors (Lipinski definition) is 4. The molecule has 0 fully saturated rings. The molecule has 9 heteroatoms. The number of alkyl halides is 3. The van der Waals surface area contributed by atoms with Gasteiger partial charge in [-0.3, -0.25) is 0 Å². The fourth-order valence-corrected chi connectivity index (χ4v) is 2.96. The number of sulfone groups is 1. The van der Waals surface area contributed by atoms with Crippen LogP contribution in [0.2, 0.25) is 0 Å². The number of benzene rings is 1. The van der Waals surface area contributed by atoms with E-state index in [-0.39, 0.29) is 10.4 Å². The van der Waals surface area contributed by atoms with Crippen molar-refractivity contribution in [1.82, 2.24) is 4.98 Å². The standard InChI is InChI=1S/C13H9BrF3NO3S/c1-8-6-7-10(12(14)18-8)21-9-4-2-3-5-11(9)22(19,20)13(15,16)17/h2-7H,1H3. The second kappa shape index (κ2) is 5.88. The van der Waals surface area contributed by atoms with Crippen molar-refractivity contribution in [2.24, 2.45) is 0 Å². The predicted molar refractivity (Wildman–Crippen MR) is 76.4 cm³/mol. The van der Waals surface area contributed by atoms with Crippen LogP contribution in [0, 0.1) is 6.92 Å². The molecule has 0 bridgehead atoms. The van der Waals surface area contributed by atoms with Gasteiger partial charge in [0.05, 0.1) is 0 Å². The number of nitrogens with zero attached hydrogens (tertiary/aromatic N) is 1. The topological polar surface area (TPSA) is 56.3 Å². The summed E-state index contributed by atoms with van der Waals surface area (Å²) in [6, 6.07) is 7.61. The lowest BCUT2D eigenvalue weighted by Gasteiger charge is -2.14. The van der Waals surface area contributed by atoms with Crippen LogP contribution in [0.5, 0.6) is 11.5 Å². The molecule has 22 heavy (non-hydrogen) atoms. The maximum atomic E-state index is 12.7. The van der Waals surface area contributed by atoms with E-state index in [2.05, 4.69) is 20.9 Å². The molecule has 2 aromatic rings. The third kappa shape index (κ3) is 3.25. The average Bonchev–Trinajstić information content (AvgIpc) is 2.41. The van der Waals surface area contributed by atoms with Gasteiger partial charge in [0, 0.05) is 5.69 Å². The molecule has 1 aromatic heterocycles. The molecule has 0 spiro atoms. The van der Waals surface area contributed by atoms with Crippen molar-refractivity contribution in [2.75, 3.05) is 0 Å². The van der Waals surface area contributed by atoms with Crippen molar-refractivity contribution in [2.45, 2.75) is 17.3 Å². The Bertz CT molecular complexity index is 806. The Hall–Kier alpha value is -1.61. The first-order valence-electron chi connectivity index (χ1n) is 5.84. The summed E-state index contributed by atoms with van der Waals surface area (Å²) in [6.07, 6.45) is 0. The van der Waals surface area contributed by atoms with Crippen molar-refractivity contribution in [3.8, 4) is 11.5 Å². The van der Waals surface area contributed by atoms with Crippen LogP contribution >= 0.6 is 15.9 Å². The molecule has 4 nitrogen and oxygen atoms in total. The number of hydrogen-bond donors (Lipinski definition) is 0. The van der Waals surface area contributed by atoms with Gasteiger partial charge in [-0.05, 0) is 47.1 Å². The van der Waals surface area contributed by atoms with Crippen molar-refractivity contribution in [3.63, 3.8) is 0 Å². The molecule has 0 aliphatic carbocycles. The zero-order valence-corrected chi connectivity index (χ0v) is 13.5. The fraction of sp³-hybridized carbons (Fsp3) is 0.154. The van der Waals surface area contributed by atoms with E-state index in [1.807, 2.05) is 0 Å². The van der Waals surface area contributed by atoms with Crippen LogP contribution in [-0.4, -0.2) is 18.9 Å². The van der Waals surface area contributed by atoms with Crippen LogP contribution in [0.15, 0.2) is 45.9 Å². The van der Waals surface area contributed by atoms with Crippen LogP contribution in [0.4, 0.5) is 13.2 Å². The lowest BCUT2D eigenvalue weighted by atomic mass is 10.3. The molecule has 2 rings (SSSR count). The lowest BCUT2D eigenvalue weighted by Crippen LogP contribution is -2.23. The van der Waals surface area contributed by atoms with Gasteiger partial charge in [0.1, 0.15) is 15.2 Å². The number of aromatic nitrogens is 1. The molecule has 0 aliphatic heterocycles. The second-order valence-electron chi connectivity index (χ2n) is 4.24. The van der Waals surface area contributed by atoms with Crippen LogP contribution < -0.4 is 4.74 Å². The van der Waals surface area contributed by atoms with Gasteiger partial charge in [0.2, 0.25) is 0 Å². The highest BCUT2D eigenvalue weighted by Gasteiger charge is 2.48. The first-order valence-corrected chi connectivity index (χ1v) is 8.12. The van der Waals surface area contributed by atoms with Gasteiger partial charge in [-0.15, -0.1) is 0 Å². The molecular formula is C13H9BrF3NO3S. The molecule has 0 N–H and O–H groups in total. The molecule has 1 heterocycles. The summed E-state index contributed by atoms with van der Waals surface area (Å²) in [6.45, 7) is 1.72. The van der Waals surface area contributed by atoms with Gasteiger partial charge >= 0.3 is 5.51 Å². The molecule has 0 atom stereocenters. The Balaban J connectivity index is 2.50. The van der Waals surface area contributed by atoms with E-state index in [9.17, 15) is 21.6 Å². The van der Waals surface area contributed by atoms with Gasteiger partial charge in [-0.1, -0.05) is 12.1 Å². The Morgan fingerprint density at radius 2 is 1.73 bits per heavy atom. The predicted octanol–water partition coefficient (Wildman–Crippen LogP) is 4.24. The second-order valence-corrected chi connectivity index (χ2v) is 6.90. The number of para-hydroxylation sites is 1. The lowest BCUT2D eigenvalue weighted by molar-refractivity contribution is -0.0436. The summed E-state index contributed by atoms with van der Waals surface area (Å²) in [5.74, 6) is -0.318. The van der Waals surface area contributed by atoms with Gasteiger partial charge in [-0.2, -0.15) is 13.2 Å². The van der Waals surface area contributed by atoms with E-state index in [1.54, 1.807) is 13.0 Å². The molecular weight excluding hydrogens is 387 g/mol. The molecule has 0 amide bonds. The summed E-state index contributed by atoms with van der Waals surface area (Å²) in [7, 11) is -5.51. The summed E-state index contributed by atoms with van der Waals surface area (Å²) in [5.41, 5.74) is -4.75. The Labute approximate surface area is 133 Å². The van der Waals surface area contributed by atoms with Gasteiger partial charge < -0.3 is 4.74 Å². The smallest absolute Gasteiger partial charge is 0.453 e. The highest BCUT2D eigenvalue weighted by Crippen LogP contribution is 2.38. The van der Waals surface area contributed by atoms with Gasteiger partial charge in [0.25, 0.3) is 9.84 Å². The summed E-state index contributed by atoms with van der Waals surface area (Å²) in [4.78, 5) is 3.08. The van der Waals surface area contributed by atoms with Gasteiger partial charge in [-0.25, -0.2) is 13.4 Å². The Morgan fingerprint density at radius 3 is 2.32 bits per heavy atom. The summed E-state index contributed by atoms with van der Waals surface area (Å²) in [5, 5.41) is 0. The zero-order valence-electron chi connectivity index (χ0n) is 11.1. The first kappa shape index (κ1) is 16.8. The van der Waals surface area contributed by atoms with Crippen LogP contribution in [0.25, 0.3) is 0 Å². The van der Waals surface area contributed by atoms with Crippen LogP contribution in [0.3, 0.4) is 0 Å². The van der Waals surface area contributed by atoms with E-state index in [1.165, 1.54) is 18.2 Å². The minimum atomic E-state index is -5.51. The van der Waals surface area contributed by atoms with E-state index in [0.29, 0.717) is 5.69 Å². The number of ether oxygens (including phenoxy) is 1. The Morgan fingerprint density at radius 1 is 1.09 bits per heavy atom. The third-order valence-electron chi connectivity index (χ3n) is 2.62. The number of pyridine rings is 1. The number of rotatable bonds is 3. The summed E-state index contributed by atoms with van der Waals surface area (Å²) >= 11 is 3.11. The molecule has 118 valence electrons. The van der Waals surface area contributed by atoms with E-state index < -0.39 is 26.0 Å². The highest BCUT2D eigenvalue weighted by atomic mass is 79.9. The first-order chi connectivity index (χ1) is 10.1. The van der Waals surface area contributed by atoms with Crippen LogP contribution in [0.1, 0.15) is 5.69 Å². The maximum Gasteiger partial charge on any atom is 0.502 e. The van der Waals surface area contributed by atoms with Crippen molar-refractivity contribution in [3.05, 3.63) is 46.7 Å². The largest absolute Gasteiger partial charge is 0.502 e. The molecule has 0 saturated carbocycles. The average molecular weight is 396 g/mol. The SMILES string of the molecule is Cc1ccc(Oc2ccccc2S(=O)(=O)C(F)(F)F)c(Br)n1. The molecule has 0 radical (unpaired) electrons. The van der Waals surface area contributed by atoms with Crippen molar-refractivity contribution >= 4 is 25.8 Å². The summed E-state index contributed by atoms with van der Waals surface area (Å²) < 4.78 is 66.8. The molecule has 0 unspecified atom stereocenters.